The van der Waals surface area contributed by atoms with Gasteiger partial charge in [-0.3, -0.25) is 9.59 Å². The highest BCUT2D eigenvalue weighted by molar-refractivity contribution is 6.05. The molecule has 0 saturated carbocycles. The molecule has 0 radical (unpaired) electrons. The summed E-state index contributed by atoms with van der Waals surface area (Å²) in [7, 11) is 0. The number of phenols is 1. The summed E-state index contributed by atoms with van der Waals surface area (Å²) in [6.07, 6.45) is 1.38. The number of carbonyl (C=O) groups excluding carboxylic acids is 2. The number of amides is 2. The monoisotopic (exact) mass is 447 g/mol. The number of fused-ring (bicyclic) bond motifs is 1. The Balaban J connectivity index is 1.29. The predicted molar refractivity (Wildman–Crippen MR) is 125 cm³/mol. The van der Waals surface area contributed by atoms with Crippen molar-refractivity contribution in [3.05, 3.63) is 72.0 Å². The number of piperazine rings is 1. The summed E-state index contributed by atoms with van der Waals surface area (Å²) in [6.45, 7) is 2.91. The maximum atomic E-state index is 13.3. The molecule has 170 valence electrons. The van der Waals surface area contributed by atoms with Crippen molar-refractivity contribution >= 4 is 28.3 Å². The molecule has 0 aliphatic carbocycles. The molecule has 0 spiro atoms. The Morgan fingerprint density at radius 1 is 0.879 bits per heavy atom. The Bertz CT molecular complexity index is 1190. The minimum Gasteiger partial charge on any atom is -0.506 e. The second-order valence-corrected chi connectivity index (χ2v) is 8.63. The van der Waals surface area contributed by atoms with E-state index in [2.05, 4.69) is 4.90 Å². The average molecular weight is 448 g/mol. The number of anilines is 1. The molecule has 2 amide bonds. The van der Waals surface area contributed by atoms with Crippen LogP contribution in [-0.4, -0.2) is 65.5 Å². The fraction of sp³-hybridized carbons (Fsp3) is 0.308. The van der Waals surface area contributed by atoms with Gasteiger partial charge in [0.1, 0.15) is 17.6 Å². The molecule has 2 aliphatic heterocycles. The van der Waals surface area contributed by atoms with Crippen LogP contribution in [0.2, 0.25) is 0 Å². The Morgan fingerprint density at radius 2 is 1.61 bits per heavy atom. The molecule has 2 fully saturated rings. The normalized spacial score (nSPS) is 18.7. The zero-order chi connectivity index (χ0) is 22.9. The lowest BCUT2D eigenvalue weighted by molar-refractivity contribution is -0.135. The summed E-state index contributed by atoms with van der Waals surface area (Å²) in [5, 5.41) is 12.2. The van der Waals surface area contributed by atoms with E-state index in [1.165, 1.54) is 12.1 Å². The van der Waals surface area contributed by atoms with Crippen LogP contribution >= 0.6 is 0 Å². The van der Waals surface area contributed by atoms with Gasteiger partial charge in [0, 0.05) is 43.8 Å². The minimum atomic E-state index is -0.513. The van der Waals surface area contributed by atoms with Crippen LogP contribution in [0.15, 0.2) is 60.7 Å². The van der Waals surface area contributed by atoms with Gasteiger partial charge in [-0.1, -0.05) is 30.3 Å². The third-order valence-electron chi connectivity index (χ3n) is 6.71. The van der Waals surface area contributed by atoms with Gasteiger partial charge in [-0.05, 0) is 48.6 Å². The summed E-state index contributed by atoms with van der Waals surface area (Å²) in [4.78, 5) is 32.2. The van der Waals surface area contributed by atoms with E-state index in [9.17, 15) is 19.1 Å². The molecule has 2 saturated heterocycles. The van der Waals surface area contributed by atoms with Crippen molar-refractivity contribution in [2.75, 3.05) is 37.6 Å². The molecule has 2 aliphatic rings. The summed E-state index contributed by atoms with van der Waals surface area (Å²) in [5.41, 5.74) is 1.17. The number of nitrogens with zero attached hydrogens (tertiary/aromatic N) is 3. The second kappa shape index (κ2) is 8.73. The van der Waals surface area contributed by atoms with E-state index < -0.39 is 6.04 Å². The quantitative estimate of drug-likeness (QED) is 0.666. The Labute approximate surface area is 191 Å². The van der Waals surface area contributed by atoms with E-state index in [4.69, 9.17) is 0 Å². The zero-order valence-electron chi connectivity index (χ0n) is 18.3. The van der Waals surface area contributed by atoms with E-state index in [-0.39, 0.29) is 28.9 Å². The fourth-order valence-electron chi connectivity index (χ4n) is 4.90. The predicted octanol–water partition coefficient (Wildman–Crippen LogP) is 3.64. The first-order valence-electron chi connectivity index (χ1n) is 11.3. The van der Waals surface area contributed by atoms with Gasteiger partial charge in [0.25, 0.3) is 5.91 Å². The van der Waals surface area contributed by atoms with E-state index >= 15 is 0 Å². The van der Waals surface area contributed by atoms with Crippen LogP contribution in [-0.2, 0) is 4.79 Å². The summed E-state index contributed by atoms with van der Waals surface area (Å²) in [6, 6.07) is 16.7. The highest BCUT2D eigenvalue weighted by Crippen LogP contribution is 2.32. The minimum absolute atomic E-state index is 0.0379. The SMILES string of the molecule is O=C(C1CCCN1C(=O)c1ccc2ccccc2c1O)N1CCN(c2ccc(F)cc2)CC1. The molecule has 33 heavy (non-hydrogen) atoms. The lowest BCUT2D eigenvalue weighted by atomic mass is 10.0. The van der Waals surface area contributed by atoms with Gasteiger partial charge in [-0.25, -0.2) is 4.39 Å². The van der Waals surface area contributed by atoms with E-state index in [1.54, 1.807) is 29.2 Å². The molecule has 5 rings (SSSR count). The number of benzene rings is 3. The highest BCUT2D eigenvalue weighted by Gasteiger charge is 2.38. The molecule has 0 aromatic heterocycles. The van der Waals surface area contributed by atoms with Crippen LogP contribution in [0.25, 0.3) is 10.8 Å². The van der Waals surface area contributed by atoms with Crippen molar-refractivity contribution in [2.45, 2.75) is 18.9 Å². The Morgan fingerprint density at radius 3 is 2.36 bits per heavy atom. The molecule has 7 heteroatoms. The van der Waals surface area contributed by atoms with Crippen LogP contribution in [0.5, 0.6) is 5.75 Å². The third kappa shape index (κ3) is 3.99. The van der Waals surface area contributed by atoms with Crippen molar-refractivity contribution in [1.29, 1.82) is 0 Å². The number of halogens is 1. The van der Waals surface area contributed by atoms with Crippen molar-refractivity contribution in [3.8, 4) is 5.75 Å². The molecular formula is C26H26FN3O3. The number of hydrogen-bond acceptors (Lipinski definition) is 4. The van der Waals surface area contributed by atoms with Gasteiger partial charge in [-0.15, -0.1) is 0 Å². The van der Waals surface area contributed by atoms with Crippen molar-refractivity contribution in [1.82, 2.24) is 9.80 Å². The maximum absolute atomic E-state index is 13.3. The number of aromatic hydroxyl groups is 1. The molecule has 1 unspecified atom stereocenters. The highest BCUT2D eigenvalue weighted by atomic mass is 19.1. The molecule has 2 heterocycles. The fourth-order valence-corrected chi connectivity index (χ4v) is 4.90. The van der Waals surface area contributed by atoms with Crippen molar-refractivity contribution < 1.29 is 19.1 Å². The van der Waals surface area contributed by atoms with Gasteiger partial charge < -0.3 is 19.8 Å². The van der Waals surface area contributed by atoms with Crippen LogP contribution in [0, 0.1) is 5.82 Å². The van der Waals surface area contributed by atoms with Gasteiger partial charge in [0.2, 0.25) is 5.91 Å². The number of likely N-dealkylation sites (tertiary alicyclic amines) is 1. The topological polar surface area (TPSA) is 64.1 Å². The Hall–Kier alpha value is -3.61. The van der Waals surface area contributed by atoms with E-state index in [0.717, 1.165) is 17.5 Å². The summed E-state index contributed by atoms with van der Waals surface area (Å²) in [5.74, 6) is -0.654. The van der Waals surface area contributed by atoms with Crippen LogP contribution in [0.3, 0.4) is 0 Å². The molecule has 3 aromatic carbocycles. The average Bonchev–Trinajstić information content (AvgIpc) is 3.34. The number of phenolic OH excluding ortho intramolecular Hbond substituents is 1. The van der Waals surface area contributed by atoms with E-state index in [1.807, 2.05) is 29.2 Å². The lowest BCUT2D eigenvalue weighted by Crippen LogP contribution is -2.54. The molecule has 3 aromatic rings. The maximum Gasteiger partial charge on any atom is 0.258 e. The molecule has 1 atom stereocenters. The van der Waals surface area contributed by atoms with Crippen LogP contribution < -0.4 is 4.90 Å². The van der Waals surface area contributed by atoms with Gasteiger partial charge in [0.15, 0.2) is 0 Å². The first-order valence-corrected chi connectivity index (χ1v) is 11.3. The van der Waals surface area contributed by atoms with E-state index in [0.29, 0.717) is 44.5 Å². The molecular weight excluding hydrogens is 421 g/mol. The van der Waals surface area contributed by atoms with Gasteiger partial charge >= 0.3 is 0 Å². The Kier molecular flexibility index (Phi) is 5.62. The first-order chi connectivity index (χ1) is 16.0. The number of hydrogen-bond donors (Lipinski definition) is 1. The zero-order valence-corrected chi connectivity index (χ0v) is 18.3. The summed E-state index contributed by atoms with van der Waals surface area (Å²) < 4.78 is 13.2. The summed E-state index contributed by atoms with van der Waals surface area (Å²) >= 11 is 0. The second-order valence-electron chi connectivity index (χ2n) is 8.63. The largest absolute Gasteiger partial charge is 0.506 e. The number of carbonyl (C=O) groups is 2. The first kappa shape index (κ1) is 21.2. The molecule has 0 bridgehead atoms. The molecule has 6 nitrogen and oxygen atoms in total. The molecule has 1 N–H and O–H groups in total. The van der Waals surface area contributed by atoms with Gasteiger partial charge in [-0.2, -0.15) is 0 Å². The van der Waals surface area contributed by atoms with Gasteiger partial charge in [0.05, 0.1) is 5.56 Å². The smallest absolute Gasteiger partial charge is 0.258 e. The third-order valence-corrected chi connectivity index (χ3v) is 6.71. The van der Waals surface area contributed by atoms with Crippen molar-refractivity contribution in [2.24, 2.45) is 0 Å². The van der Waals surface area contributed by atoms with Crippen LogP contribution in [0.1, 0.15) is 23.2 Å². The standard InChI is InChI=1S/C26H26FN3O3/c27-19-8-10-20(11-9-19)28-14-16-29(17-15-28)26(33)23-6-3-13-30(23)25(32)22-12-7-18-4-1-2-5-21(18)24(22)31/h1-2,4-5,7-12,23,31H,3,6,13-17H2. The lowest BCUT2D eigenvalue weighted by Gasteiger charge is -2.38. The van der Waals surface area contributed by atoms with Crippen molar-refractivity contribution in [3.63, 3.8) is 0 Å². The van der Waals surface area contributed by atoms with Crippen LogP contribution in [0.4, 0.5) is 10.1 Å². The number of rotatable bonds is 3.